The lowest BCUT2D eigenvalue weighted by molar-refractivity contribution is 0.00578. The van der Waals surface area contributed by atoms with Crippen molar-refractivity contribution in [2.75, 3.05) is 5.32 Å². The lowest BCUT2D eigenvalue weighted by Gasteiger charge is -2.32. The first-order valence-electron chi connectivity index (χ1n) is 7.86. The molecule has 0 bridgehead atoms. The van der Waals surface area contributed by atoms with Crippen LogP contribution in [0.1, 0.15) is 32.6 Å². The van der Waals surface area contributed by atoms with Gasteiger partial charge in [-0.2, -0.15) is 4.37 Å². The van der Waals surface area contributed by atoms with E-state index in [9.17, 15) is 0 Å². The molecule has 3 aromatic heterocycles. The molecule has 0 aliphatic carbocycles. The second kappa shape index (κ2) is 5.81. The summed E-state index contributed by atoms with van der Waals surface area (Å²) >= 11 is 4.97. The second-order valence-corrected chi connectivity index (χ2v) is 9.59. The van der Waals surface area contributed by atoms with E-state index in [0.29, 0.717) is 0 Å². The van der Waals surface area contributed by atoms with Crippen molar-refractivity contribution in [1.29, 1.82) is 0 Å². The molecule has 8 heteroatoms. The van der Waals surface area contributed by atoms with Gasteiger partial charge in [-0.25, -0.2) is 0 Å². The molecule has 1 fully saturated rings. The van der Waals surface area contributed by atoms with Crippen molar-refractivity contribution in [3.8, 4) is 0 Å². The number of hydrogen-bond acceptors (Lipinski definition) is 7. The molecule has 1 saturated heterocycles. The van der Waals surface area contributed by atoms with Gasteiger partial charge in [-0.3, -0.25) is 0 Å². The van der Waals surface area contributed by atoms with Crippen molar-refractivity contribution >= 4 is 62.0 Å². The summed E-state index contributed by atoms with van der Waals surface area (Å²) in [6, 6.07) is 4.21. The van der Waals surface area contributed by atoms with Crippen LogP contribution in [0.2, 0.25) is 0 Å². The van der Waals surface area contributed by atoms with E-state index in [1.807, 2.05) is 0 Å². The Morgan fingerprint density at radius 3 is 2.58 bits per heavy atom. The SMILES string of the molecule is CC1(C)OB(c2csc3c(NCc4cccs4)snc23)OC1(C)C. The van der Waals surface area contributed by atoms with E-state index in [-0.39, 0.29) is 18.3 Å². The minimum absolute atomic E-state index is 0.331. The Kier molecular flexibility index (Phi) is 4.00. The van der Waals surface area contributed by atoms with E-state index in [4.69, 9.17) is 9.31 Å². The van der Waals surface area contributed by atoms with Crippen molar-refractivity contribution < 1.29 is 9.31 Å². The zero-order chi connectivity index (χ0) is 16.9. The zero-order valence-corrected chi connectivity index (χ0v) is 16.5. The Morgan fingerprint density at radius 2 is 1.92 bits per heavy atom. The highest BCUT2D eigenvalue weighted by Crippen LogP contribution is 2.39. The van der Waals surface area contributed by atoms with Gasteiger partial charge in [0.15, 0.2) is 0 Å². The van der Waals surface area contributed by atoms with E-state index in [2.05, 4.69) is 60.3 Å². The Labute approximate surface area is 154 Å². The molecule has 1 N–H and O–H groups in total. The van der Waals surface area contributed by atoms with Gasteiger partial charge in [-0.15, -0.1) is 22.7 Å². The molecule has 0 radical (unpaired) electrons. The van der Waals surface area contributed by atoms with Gasteiger partial charge in [0.2, 0.25) is 0 Å². The van der Waals surface area contributed by atoms with Crippen molar-refractivity contribution in [3.63, 3.8) is 0 Å². The Hall–Kier alpha value is -0.925. The highest BCUT2D eigenvalue weighted by atomic mass is 32.1. The number of aromatic nitrogens is 1. The van der Waals surface area contributed by atoms with Crippen molar-refractivity contribution in [1.82, 2.24) is 4.37 Å². The summed E-state index contributed by atoms with van der Waals surface area (Å²) in [4.78, 5) is 1.32. The zero-order valence-electron chi connectivity index (χ0n) is 14.1. The predicted octanol–water partition coefficient (Wildman–Crippen LogP) is 4.33. The van der Waals surface area contributed by atoms with Crippen molar-refractivity contribution in [2.45, 2.75) is 45.4 Å². The summed E-state index contributed by atoms with van der Waals surface area (Å²) in [6.45, 7) is 9.13. The fourth-order valence-electron chi connectivity index (χ4n) is 2.58. The molecule has 1 aliphatic rings. The standard InChI is InChI=1S/C16H19BN2O2S3/c1-15(2)16(3,4)21-17(20-15)11-9-23-13-12(11)19-24-14(13)18-8-10-6-5-7-22-10/h5-7,9,18H,8H2,1-4H3. The third-order valence-corrected chi connectivity index (χ3v) is 7.55. The molecule has 0 spiro atoms. The highest BCUT2D eigenvalue weighted by Gasteiger charge is 2.52. The van der Waals surface area contributed by atoms with Gasteiger partial charge in [0.1, 0.15) is 5.00 Å². The molecular formula is C16H19BN2O2S3. The normalized spacial score (nSPS) is 19.2. The molecule has 4 rings (SSSR count). The van der Waals surface area contributed by atoms with Crippen LogP contribution >= 0.6 is 34.2 Å². The summed E-state index contributed by atoms with van der Waals surface area (Å²) < 4.78 is 18.2. The molecule has 0 saturated carbocycles. The summed E-state index contributed by atoms with van der Waals surface area (Å²) in [5.74, 6) is 0. The number of nitrogens with one attached hydrogen (secondary N) is 1. The number of rotatable bonds is 4. The van der Waals surface area contributed by atoms with Gasteiger partial charge in [0, 0.05) is 10.3 Å². The molecule has 24 heavy (non-hydrogen) atoms. The molecule has 0 amide bonds. The first-order chi connectivity index (χ1) is 11.4. The highest BCUT2D eigenvalue weighted by molar-refractivity contribution is 7.24. The van der Waals surface area contributed by atoms with E-state index in [1.54, 1.807) is 22.7 Å². The molecule has 0 atom stereocenters. The molecule has 0 aromatic carbocycles. The number of anilines is 1. The molecule has 4 nitrogen and oxygen atoms in total. The average molecular weight is 378 g/mol. The Balaban J connectivity index is 1.58. The third kappa shape index (κ3) is 2.70. The molecule has 4 heterocycles. The third-order valence-electron chi connectivity index (χ3n) is 4.74. The van der Waals surface area contributed by atoms with E-state index >= 15 is 0 Å². The molecular weight excluding hydrogens is 359 g/mol. The van der Waals surface area contributed by atoms with E-state index < -0.39 is 0 Å². The lowest BCUT2D eigenvalue weighted by atomic mass is 9.80. The van der Waals surface area contributed by atoms with Crippen LogP contribution < -0.4 is 10.8 Å². The van der Waals surface area contributed by atoms with Gasteiger partial charge in [0.25, 0.3) is 0 Å². The quantitative estimate of drug-likeness (QED) is 0.687. The van der Waals surface area contributed by atoms with Gasteiger partial charge in [-0.05, 0) is 56.1 Å². The smallest absolute Gasteiger partial charge is 0.399 e. The summed E-state index contributed by atoms with van der Waals surface area (Å²) in [6.07, 6.45) is 0. The topological polar surface area (TPSA) is 43.4 Å². The largest absolute Gasteiger partial charge is 0.497 e. The van der Waals surface area contributed by atoms with Crippen LogP contribution in [0.3, 0.4) is 0 Å². The summed E-state index contributed by atoms with van der Waals surface area (Å²) in [5.41, 5.74) is 1.37. The first-order valence-corrected chi connectivity index (χ1v) is 10.4. The van der Waals surface area contributed by atoms with Crippen LogP contribution in [0.4, 0.5) is 5.00 Å². The number of fused-ring (bicyclic) bond motifs is 1. The molecule has 1 aliphatic heterocycles. The minimum Gasteiger partial charge on any atom is -0.399 e. The summed E-state index contributed by atoms with van der Waals surface area (Å²) in [7, 11) is -0.351. The average Bonchev–Trinajstić information content (AvgIpc) is 3.23. The maximum Gasteiger partial charge on any atom is 0.497 e. The first kappa shape index (κ1) is 16.5. The van der Waals surface area contributed by atoms with E-state index in [0.717, 1.165) is 22.5 Å². The molecule has 126 valence electrons. The van der Waals surface area contributed by atoms with Gasteiger partial charge in [-0.1, -0.05) is 6.07 Å². The number of hydrogen-bond donors (Lipinski definition) is 1. The van der Waals surface area contributed by atoms with Crippen LogP contribution in [0, 0.1) is 0 Å². The van der Waals surface area contributed by atoms with Gasteiger partial charge < -0.3 is 14.6 Å². The number of thiophene rings is 2. The maximum atomic E-state index is 6.18. The van der Waals surface area contributed by atoms with Crippen molar-refractivity contribution in [3.05, 3.63) is 27.8 Å². The fraction of sp³-hybridized carbons (Fsp3) is 0.438. The van der Waals surface area contributed by atoms with Gasteiger partial charge >= 0.3 is 7.12 Å². The minimum atomic E-state index is -0.351. The monoisotopic (exact) mass is 378 g/mol. The van der Waals surface area contributed by atoms with Crippen LogP contribution in [-0.2, 0) is 15.9 Å². The number of nitrogens with zero attached hydrogens (tertiary/aromatic N) is 1. The lowest BCUT2D eigenvalue weighted by Crippen LogP contribution is -2.41. The van der Waals surface area contributed by atoms with E-state index in [1.165, 1.54) is 21.1 Å². The van der Waals surface area contributed by atoms with Crippen molar-refractivity contribution in [2.24, 2.45) is 0 Å². The Morgan fingerprint density at radius 1 is 1.17 bits per heavy atom. The Bertz CT molecular complexity index is 838. The van der Waals surface area contributed by atoms with Crippen LogP contribution in [0.25, 0.3) is 10.2 Å². The summed E-state index contributed by atoms with van der Waals surface area (Å²) in [5, 5.41) is 8.83. The van der Waals surface area contributed by atoms with Gasteiger partial charge in [0.05, 0.1) is 28.0 Å². The van der Waals surface area contributed by atoms with Crippen LogP contribution in [-0.4, -0.2) is 22.7 Å². The fourth-order valence-corrected chi connectivity index (χ4v) is 5.16. The second-order valence-electron chi connectivity index (χ2n) is 6.90. The molecule has 0 unspecified atom stereocenters. The maximum absolute atomic E-state index is 6.18. The predicted molar refractivity (Wildman–Crippen MR) is 105 cm³/mol. The van der Waals surface area contributed by atoms with Crippen LogP contribution in [0.15, 0.2) is 22.9 Å². The van der Waals surface area contributed by atoms with Crippen LogP contribution in [0.5, 0.6) is 0 Å². The molecule has 3 aromatic rings.